The highest BCUT2D eigenvalue weighted by molar-refractivity contribution is 9.10. The summed E-state index contributed by atoms with van der Waals surface area (Å²) in [5.74, 6) is 1.10. The van der Waals surface area contributed by atoms with Gasteiger partial charge in [0.25, 0.3) is 0 Å². The molecule has 0 aliphatic rings. The lowest BCUT2D eigenvalue weighted by atomic mass is 10.3. The molecule has 22 heavy (non-hydrogen) atoms. The van der Waals surface area contributed by atoms with Crippen molar-refractivity contribution in [3.63, 3.8) is 0 Å². The number of nitrogens with zero attached hydrogens (tertiary/aromatic N) is 2. The van der Waals surface area contributed by atoms with Crippen LogP contribution in [0.15, 0.2) is 33.5 Å². The summed E-state index contributed by atoms with van der Waals surface area (Å²) in [7, 11) is 3.04. The van der Waals surface area contributed by atoms with E-state index in [4.69, 9.17) is 14.6 Å². The Hall–Kier alpha value is -1.51. The molecule has 1 N–H and O–H groups in total. The van der Waals surface area contributed by atoms with Crippen molar-refractivity contribution in [1.82, 2.24) is 9.97 Å². The summed E-state index contributed by atoms with van der Waals surface area (Å²) in [4.78, 5) is 18.3. The highest BCUT2D eigenvalue weighted by Gasteiger charge is 2.03. The molecule has 0 fully saturated rings. The van der Waals surface area contributed by atoms with Crippen LogP contribution in [-0.4, -0.2) is 35.6 Å². The molecule has 0 aromatic carbocycles. The number of ether oxygens (including phenoxy) is 2. The number of rotatable bonds is 4. The van der Waals surface area contributed by atoms with Crippen molar-refractivity contribution in [2.45, 2.75) is 6.61 Å². The number of aldehydes is 1. The summed E-state index contributed by atoms with van der Waals surface area (Å²) in [6.07, 6.45) is 0.656. The minimum absolute atomic E-state index is 0.109. The van der Waals surface area contributed by atoms with Crippen LogP contribution in [0.3, 0.4) is 0 Å². The van der Waals surface area contributed by atoms with Gasteiger partial charge in [0, 0.05) is 0 Å². The molecule has 118 valence electrons. The van der Waals surface area contributed by atoms with E-state index in [-0.39, 0.29) is 6.61 Å². The molecule has 0 aliphatic heterocycles. The van der Waals surface area contributed by atoms with Crippen molar-refractivity contribution in [2.75, 3.05) is 14.2 Å². The fourth-order valence-corrected chi connectivity index (χ4v) is 2.12. The predicted octanol–water partition coefficient (Wildman–Crippen LogP) is 3.01. The van der Waals surface area contributed by atoms with E-state index in [1.165, 1.54) is 7.11 Å². The number of hydrogen-bond donors (Lipinski definition) is 1. The van der Waals surface area contributed by atoms with Gasteiger partial charge in [-0.1, -0.05) is 0 Å². The van der Waals surface area contributed by atoms with E-state index < -0.39 is 0 Å². The maximum Gasteiger partial charge on any atom is 0.172 e. The summed E-state index contributed by atoms with van der Waals surface area (Å²) < 4.78 is 11.1. The Bertz CT molecular complexity index is 638. The first-order chi connectivity index (χ1) is 10.5. The van der Waals surface area contributed by atoms with Crippen molar-refractivity contribution in [3.05, 3.63) is 44.9 Å². The van der Waals surface area contributed by atoms with E-state index in [9.17, 15) is 4.79 Å². The van der Waals surface area contributed by atoms with Crippen LogP contribution in [0.5, 0.6) is 11.5 Å². The fourth-order valence-electron chi connectivity index (χ4n) is 1.46. The molecule has 0 atom stereocenters. The molecular weight excluding hydrogens is 420 g/mol. The van der Waals surface area contributed by atoms with Crippen molar-refractivity contribution in [1.29, 1.82) is 0 Å². The Balaban J connectivity index is 0.000000220. The van der Waals surface area contributed by atoms with Crippen LogP contribution in [-0.2, 0) is 6.61 Å². The molecule has 6 nitrogen and oxygen atoms in total. The first-order valence-electron chi connectivity index (χ1n) is 6.01. The monoisotopic (exact) mass is 432 g/mol. The fraction of sp³-hybridized carbons (Fsp3) is 0.214. The molecule has 0 amide bonds. The summed E-state index contributed by atoms with van der Waals surface area (Å²) >= 11 is 6.33. The zero-order valence-corrected chi connectivity index (χ0v) is 15.1. The van der Waals surface area contributed by atoms with E-state index in [2.05, 4.69) is 41.8 Å². The molecule has 0 spiro atoms. The van der Waals surface area contributed by atoms with E-state index in [0.717, 1.165) is 0 Å². The first-order valence-corrected chi connectivity index (χ1v) is 7.60. The van der Waals surface area contributed by atoms with Crippen LogP contribution < -0.4 is 9.47 Å². The largest absolute Gasteiger partial charge is 0.495 e. The number of hydrogen-bond acceptors (Lipinski definition) is 6. The van der Waals surface area contributed by atoms with Gasteiger partial charge < -0.3 is 14.6 Å². The zero-order valence-electron chi connectivity index (χ0n) is 11.9. The molecule has 0 saturated carbocycles. The topological polar surface area (TPSA) is 81.5 Å². The van der Waals surface area contributed by atoms with Gasteiger partial charge in [-0.15, -0.1) is 0 Å². The third kappa shape index (κ3) is 5.36. The maximum absolute atomic E-state index is 10.4. The van der Waals surface area contributed by atoms with Crippen LogP contribution in [0.1, 0.15) is 16.2 Å². The molecule has 0 radical (unpaired) electrons. The van der Waals surface area contributed by atoms with Crippen molar-refractivity contribution >= 4 is 38.1 Å². The Morgan fingerprint density at radius 3 is 2.09 bits per heavy atom. The van der Waals surface area contributed by atoms with Crippen molar-refractivity contribution in [2.24, 2.45) is 0 Å². The molecule has 0 unspecified atom stereocenters. The Morgan fingerprint density at radius 2 is 1.59 bits per heavy atom. The molecule has 2 heterocycles. The van der Waals surface area contributed by atoms with E-state index in [1.54, 1.807) is 31.4 Å². The van der Waals surface area contributed by atoms with Gasteiger partial charge in [0.05, 0.1) is 20.8 Å². The highest BCUT2D eigenvalue weighted by Crippen LogP contribution is 2.18. The average Bonchev–Trinajstić information content (AvgIpc) is 2.55. The number of methoxy groups -OCH3 is 2. The van der Waals surface area contributed by atoms with Gasteiger partial charge in [-0.25, -0.2) is 9.97 Å². The summed E-state index contributed by atoms with van der Waals surface area (Å²) in [5, 5.41) is 8.81. The molecule has 8 heteroatoms. The van der Waals surface area contributed by atoms with E-state index in [1.807, 2.05) is 0 Å². The third-order valence-electron chi connectivity index (χ3n) is 2.45. The zero-order chi connectivity index (χ0) is 16.5. The van der Waals surface area contributed by atoms with Gasteiger partial charge in [-0.3, -0.25) is 4.79 Å². The average molecular weight is 434 g/mol. The lowest BCUT2D eigenvalue weighted by Gasteiger charge is -2.03. The van der Waals surface area contributed by atoms with Gasteiger partial charge in [0.2, 0.25) is 0 Å². The number of carbonyl (C=O) groups is 1. The molecule has 2 aromatic heterocycles. The molecule has 0 saturated heterocycles. The van der Waals surface area contributed by atoms with Gasteiger partial charge in [0.15, 0.2) is 6.29 Å². The van der Waals surface area contributed by atoms with Gasteiger partial charge in [-0.2, -0.15) is 0 Å². The number of aliphatic hydroxyl groups is 1. The third-order valence-corrected chi connectivity index (χ3v) is 3.33. The van der Waals surface area contributed by atoms with Crippen molar-refractivity contribution in [3.8, 4) is 11.5 Å². The SMILES string of the molecule is COc1ccc(Br)nc1C=O.COc1ccc(Br)nc1CO. The Kier molecular flexibility index (Phi) is 8.00. The van der Waals surface area contributed by atoms with Crippen LogP contribution >= 0.6 is 31.9 Å². The smallest absolute Gasteiger partial charge is 0.172 e. The van der Waals surface area contributed by atoms with Crippen LogP contribution in [0.4, 0.5) is 0 Å². The number of halogens is 2. The van der Waals surface area contributed by atoms with E-state index in [0.29, 0.717) is 38.4 Å². The second-order valence-electron chi connectivity index (χ2n) is 3.78. The molecule has 0 bridgehead atoms. The summed E-state index contributed by atoms with van der Waals surface area (Å²) in [6, 6.07) is 6.91. The van der Waals surface area contributed by atoms with Crippen LogP contribution in [0.25, 0.3) is 0 Å². The van der Waals surface area contributed by atoms with Gasteiger partial charge in [-0.05, 0) is 56.1 Å². The maximum atomic E-state index is 10.4. The standard InChI is InChI=1S/C7H8BrNO2.C7H6BrNO2/c2*1-11-6-2-3-7(8)9-5(6)4-10/h2-3,10H,4H2,1H3;2-4H,1H3. The normalized spacial score (nSPS) is 9.50. The Morgan fingerprint density at radius 1 is 1.05 bits per heavy atom. The van der Waals surface area contributed by atoms with Crippen molar-refractivity contribution < 1.29 is 19.4 Å². The van der Waals surface area contributed by atoms with E-state index >= 15 is 0 Å². The Labute approximate surface area is 144 Å². The second-order valence-corrected chi connectivity index (χ2v) is 5.41. The quantitative estimate of drug-likeness (QED) is 0.589. The first kappa shape index (κ1) is 18.5. The predicted molar refractivity (Wildman–Crippen MR) is 88.3 cm³/mol. The molecular formula is C14H14Br2N2O4. The summed E-state index contributed by atoms with van der Waals surface area (Å²) in [6.45, 7) is -0.109. The lowest BCUT2D eigenvalue weighted by Crippen LogP contribution is -1.95. The van der Waals surface area contributed by atoms with Gasteiger partial charge >= 0.3 is 0 Å². The molecule has 2 rings (SSSR count). The molecule has 2 aromatic rings. The minimum atomic E-state index is -0.109. The second kappa shape index (κ2) is 9.50. The number of aliphatic hydroxyl groups excluding tert-OH is 1. The number of aromatic nitrogens is 2. The van der Waals surface area contributed by atoms with Crippen LogP contribution in [0.2, 0.25) is 0 Å². The molecule has 0 aliphatic carbocycles. The highest BCUT2D eigenvalue weighted by atomic mass is 79.9. The minimum Gasteiger partial charge on any atom is -0.495 e. The number of carbonyl (C=O) groups excluding carboxylic acids is 1. The van der Waals surface area contributed by atoms with Crippen LogP contribution in [0, 0.1) is 0 Å². The lowest BCUT2D eigenvalue weighted by molar-refractivity contribution is 0.111. The van der Waals surface area contributed by atoms with Gasteiger partial charge in [0.1, 0.15) is 32.1 Å². The summed E-state index contributed by atoms with van der Waals surface area (Å²) in [5.41, 5.74) is 0.851. The number of pyridine rings is 2.